The Hall–Kier alpha value is -1.49. The molecule has 7 heteroatoms. The lowest BCUT2D eigenvalue weighted by Crippen LogP contribution is -2.36. The topological polar surface area (TPSA) is 60.9 Å². The minimum absolute atomic E-state index is 0.184. The van der Waals surface area contributed by atoms with E-state index >= 15 is 0 Å². The number of hydrogen-bond acceptors (Lipinski definition) is 4. The van der Waals surface area contributed by atoms with Crippen molar-refractivity contribution in [1.82, 2.24) is 9.78 Å². The van der Waals surface area contributed by atoms with Gasteiger partial charge in [-0.05, 0) is 61.6 Å². The summed E-state index contributed by atoms with van der Waals surface area (Å²) in [5.41, 5.74) is 4.01. The van der Waals surface area contributed by atoms with Crippen LogP contribution in [0.25, 0.3) is 11.8 Å². The van der Waals surface area contributed by atoms with Gasteiger partial charge in [0, 0.05) is 0 Å². The second-order valence-corrected chi connectivity index (χ2v) is 6.97. The van der Waals surface area contributed by atoms with Crippen molar-refractivity contribution in [2.45, 2.75) is 32.1 Å². The first-order valence-corrected chi connectivity index (χ1v) is 9.29. The minimum Gasteiger partial charge on any atom is -0.294 e. The van der Waals surface area contributed by atoms with Gasteiger partial charge in [0.25, 0.3) is 0 Å². The molecule has 2 aliphatic rings. The summed E-state index contributed by atoms with van der Waals surface area (Å²) in [7, 11) is 2.39. The third-order valence-electron chi connectivity index (χ3n) is 5.15. The van der Waals surface area contributed by atoms with E-state index in [0.717, 1.165) is 49.0 Å². The third-order valence-corrected chi connectivity index (χ3v) is 5.70. The molecule has 2 N–H and O–H groups in total. The molecule has 0 saturated heterocycles. The highest BCUT2D eigenvalue weighted by Crippen LogP contribution is 2.49. The average Bonchev–Trinajstić information content (AvgIpc) is 3.04. The normalized spacial score (nSPS) is 21.4. The highest BCUT2D eigenvalue weighted by Gasteiger charge is 2.44. The predicted molar refractivity (Wildman–Crippen MR) is 104 cm³/mol. The summed E-state index contributed by atoms with van der Waals surface area (Å²) in [6, 6.07) is 6.34. The number of aromatic nitrogens is 2. The molecule has 2 unspecified atom stereocenters. The van der Waals surface area contributed by atoms with Crippen LogP contribution in [0, 0.1) is 11.2 Å². The van der Waals surface area contributed by atoms with Crippen LogP contribution in [0.15, 0.2) is 36.0 Å². The van der Waals surface area contributed by atoms with Crippen LogP contribution in [0.3, 0.4) is 0 Å². The zero-order valence-electron chi connectivity index (χ0n) is 13.8. The highest BCUT2D eigenvalue weighted by molar-refractivity contribution is 7.77. The van der Waals surface area contributed by atoms with Crippen molar-refractivity contribution in [1.29, 1.82) is 0 Å². The van der Waals surface area contributed by atoms with E-state index in [-0.39, 0.29) is 16.8 Å². The van der Waals surface area contributed by atoms with E-state index in [1.54, 1.807) is 12.1 Å². The van der Waals surface area contributed by atoms with Crippen LogP contribution < -0.4 is 5.14 Å². The summed E-state index contributed by atoms with van der Waals surface area (Å²) in [6.07, 6.45) is 8.81. The molecule has 0 aliphatic heterocycles. The quantitative estimate of drug-likeness (QED) is 0.620. The molecule has 0 spiro atoms. The van der Waals surface area contributed by atoms with Crippen molar-refractivity contribution in [2.24, 2.45) is 10.6 Å². The lowest BCUT2D eigenvalue weighted by molar-refractivity contribution is -0.119. The maximum Gasteiger partial charge on any atom is 0.158 e. The first-order valence-electron chi connectivity index (χ1n) is 8.20. The summed E-state index contributed by atoms with van der Waals surface area (Å²) < 4.78 is 15.0. The van der Waals surface area contributed by atoms with E-state index in [1.807, 2.05) is 10.9 Å². The second-order valence-electron chi connectivity index (χ2n) is 6.44. The van der Waals surface area contributed by atoms with Crippen molar-refractivity contribution in [3.8, 4) is 5.69 Å². The molecule has 25 heavy (non-hydrogen) atoms. The van der Waals surface area contributed by atoms with E-state index in [9.17, 15) is 9.18 Å². The van der Waals surface area contributed by atoms with Crippen LogP contribution in [-0.4, -0.2) is 15.3 Å². The molecule has 1 saturated carbocycles. The van der Waals surface area contributed by atoms with Crippen LogP contribution in [0.5, 0.6) is 0 Å². The lowest BCUT2D eigenvalue weighted by atomic mass is 9.65. The van der Waals surface area contributed by atoms with Gasteiger partial charge < -0.3 is 0 Å². The summed E-state index contributed by atoms with van der Waals surface area (Å²) >= 11 is 3.03. The molecule has 2 aromatic rings. The van der Waals surface area contributed by atoms with Crippen LogP contribution in [0.2, 0.25) is 0 Å². The van der Waals surface area contributed by atoms with Gasteiger partial charge in [0.15, 0.2) is 5.52 Å². The number of benzene rings is 1. The van der Waals surface area contributed by atoms with Crippen molar-refractivity contribution in [2.75, 3.05) is 0 Å². The minimum atomic E-state index is -0.355. The number of nitrogens with zero attached hydrogens (tertiary/aromatic N) is 2. The third kappa shape index (κ3) is 3.19. The Morgan fingerprint density at radius 3 is 2.68 bits per heavy atom. The molecule has 1 aromatic heterocycles. The van der Waals surface area contributed by atoms with Gasteiger partial charge in [-0.3, -0.25) is 9.93 Å². The van der Waals surface area contributed by atoms with Crippen molar-refractivity contribution >= 4 is 33.7 Å². The molecule has 2 atom stereocenters. The molecule has 1 fully saturated rings. The molecule has 0 radical (unpaired) electrons. The van der Waals surface area contributed by atoms with Gasteiger partial charge in [-0.25, -0.2) is 9.07 Å². The largest absolute Gasteiger partial charge is 0.294 e. The Kier molecular flexibility index (Phi) is 5.42. The number of rotatable bonds is 2. The Morgan fingerprint density at radius 1 is 1.28 bits per heavy atom. The van der Waals surface area contributed by atoms with Crippen molar-refractivity contribution < 1.29 is 9.18 Å². The second kappa shape index (κ2) is 7.40. The maximum absolute atomic E-state index is 13.1. The number of thiol groups is 1. The summed E-state index contributed by atoms with van der Waals surface area (Å²) in [6.45, 7) is 0. The predicted octanol–water partition coefficient (Wildman–Crippen LogP) is 3.70. The Morgan fingerprint density at radius 2 is 2.00 bits per heavy atom. The van der Waals surface area contributed by atoms with Crippen LogP contribution in [0.4, 0.5) is 4.39 Å². The van der Waals surface area contributed by atoms with E-state index in [1.165, 1.54) is 17.7 Å². The van der Waals surface area contributed by atoms with Gasteiger partial charge in [0.2, 0.25) is 0 Å². The molecular weight excluding hydrogens is 356 g/mol. The van der Waals surface area contributed by atoms with Gasteiger partial charge in [-0.1, -0.05) is 21.2 Å². The van der Waals surface area contributed by atoms with Crippen LogP contribution >= 0.6 is 22.1 Å². The Balaban J connectivity index is 0.000000880. The van der Waals surface area contributed by atoms with E-state index in [4.69, 9.17) is 0 Å². The number of nitrogens with two attached hydrogens (primary N) is 1. The molecule has 2 aliphatic carbocycles. The first-order chi connectivity index (χ1) is 12.1. The van der Waals surface area contributed by atoms with Gasteiger partial charge in [-0.2, -0.15) is 5.10 Å². The molecule has 4 rings (SSSR count). The fraction of sp³-hybridized carbons (Fsp3) is 0.333. The number of allylic oxidation sites excluding steroid dienone is 1. The number of carbonyl (C=O) groups is 1. The van der Waals surface area contributed by atoms with Gasteiger partial charge in [0.05, 0.1) is 23.0 Å². The van der Waals surface area contributed by atoms with Crippen LogP contribution in [0.1, 0.15) is 36.9 Å². The monoisotopic (exact) mass is 377 g/mol. The molecule has 0 bridgehead atoms. The SMILES string of the molecule is NS.O=C(P)C12CCCCC1=Cc1c(cnn1-c1ccc(F)cc1)C2. The zero-order valence-corrected chi connectivity index (χ0v) is 15.8. The molecule has 1 heterocycles. The maximum atomic E-state index is 13.1. The average molecular weight is 377 g/mol. The Labute approximate surface area is 154 Å². The first kappa shape index (κ1) is 18.3. The van der Waals surface area contributed by atoms with Gasteiger partial charge in [-0.15, -0.1) is 12.8 Å². The Bertz CT molecular complexity index is 818. The highest BCUT2D eigenvalue weighted by atomic mass is 32.1. The van der Waals surface area contributed by atoms with Crippen molar-refractivity contribution in [3.63, 3.8) is 0 Å². The van der Waals surface area contributed by atoms with Gasteiger partial charge in [0.1, 0.15) is 5.82 Å². The van der Waals surface area contributed by atoms with Crippen molar-refractivity contribution in [3.05, 3.63) is 53.1 Å². The number of hydrogen-bond donors (Lipinski definition) is 2. The summed E-state index contributed by atoms with van der Waals surface area (Å²) in [4.78, 5) is 12.3. The number of carbonyl (C=O) groups excluding carboxylic acids is 1. The smallest absolute Gasteiger partial charge is 0.158 e. The van der Waals surface area contributed by atoms with Gasteiger partial charge >= 0.3 is 0 Å². The molecule has 4 nitrogen and oxygen atoms in total. The number of fused-ring (bicyclic) bond motifs is 2. The summed E-state index contributed by atoms with van der Waals surface area (Å²) in [5, 5.41) is 8.67. The lowest BCUT2D eigenvalue weighted by Gasteiger charge is -2.40. The fourth-order valence-electron chi connectivity index (χ4n) is 3.88. The summed E-state index contributed by atoms with van der Waals surface area (Å²) in [5.74, 6) is -0.256. The zero-order chi connectivity index (χ0) is 18.0. The molecule has 0 amide bonds. The van der Waals surface area contributed by atoms with E-state index < -0.39 is 0 Å². The molecule has 132 valence electrons. The van der Waals surface area contributed by atoms with E-state index in [2.05, 4.69) is 38.4 Å². The fourth-order valence-corrected chi connectivity index (χ4v) is 4.31. The molecule has 1 aromatic carbocycles. The molecular formula is C18H21FN3OPS. The van der Waals surface area contributed by atoms with Crippen LogP contribution in [-0.2, 0) is 11.2 Å². The number of halogens is 1. The standard InChI is InChI=1S/C18H18FN2OP.H3NS/c19-14-4-6-15(7-5-14)21-16-9-13-3-1-2-8-18(13,17(22)23)10-12(16)11-20-21;1-2/h4-7,9,11H,1-3,8,10,23H2;2H,1H2. The van der Waals surface area contributed by atoms with E-state index in [0.29, 0.717) is 0 Å².